The summed E-state index contributed by atoms with van der Waals surface area (Å²) in [6.45, 7) is 7.22. The van der Waals surface area contributed by atoms with Gasteiger partial charge in [0.15, 0.2) is 0 Å². The summed E-state index contributed by atoms with van der Waals surface area (Å²) in [5, 5.41) is 0. The molecule has 0 spiro atoms. The fourth-order valence-electron chi connectivity index (χ4n) is 1.52. The molecule has 2 N–H and O–H groups in total. The van der Waals surface area contributed by atoms with E-state index in [-0.39, 0.29) is 5.54 Å². The highest BCUT2D eigenvalue weighted by molar-refractivity contribution is 5.36. The van der Waals surface area contributed by atoms with Crippen LogP contribution in [0.15, 0.2) is 18.2 Å². The third-order valence-electron chi connectivity index (χ3n) is 2.93. The number of hydrogen-bond donors (Lipinski definition) is 1. The lowest BCUT2D eigenvalue weighted by Gasteiger charge is -2.22. The molecule has 3 nitrogen and oxygen atoms in total. The van der Waals surface area contributed by atoms with Gasteiger partial charge in [0.1, 0.15) is 5.75 Å². The summed E-state index contributed by atoms with van der Waals surface area (Å²) in [5.74, 6) is 0.867. The van der Waals surface area contributed by atoms with Gasteiger partial charge in [-0.1, -0.05) is 24.6 Å². The van der Waals surface area contributed by atoms with E-state index in [0.717, 1.165) is 17.7 Å². The van der Waals surface area contributed by atoms with E-state index in [2.05, 4.69) is 19.9 Å². The third kappa shape index (κ3) is 4.36. The van der Waals surface area contributed by atoms with Crippen LogP contribution in [0.5, 0.6) is 5.75 Å². The van der Waals surface area contributed by atoms with Crippen molar-refractivity contribution >= 4 is 0 Å². The van der Waals surface area contributed by atoms with Gasteiger partial charge in [-0.2, -0.15) is 0 Å². The van der Waals surface area contributed by atoms with Crippen molar-refractivity contribution in [3.8, 4) is 5.75 Å². The predicted molar refractivity (Wildman–Crippen MR) is 70.3 cm³/mol. The molecule has 0 radical (unpaired) electrons. The monoisotopic (exact) mass is 237 g/mol. The average Bonchev–Trinajstić information content (AvgIpc) is 2.29. The van der Waals surface area contributed by atoms with Crippen LogP contribution in [-0.2, 0) is 11.3 Å². The zero-order valence-electron chi connectivity index (χ0n) is 11.2. The molecule has 0 aliphatic carbocycles. The second-order valence-corrected chi connectivity index (χ2v) is 4.82. The largest absolute Gasteiger partial charge is 0.496 e. The number of benzene rings is 1. The predicted octanol–water partition coefficient (Wildman–Crippen LogP) is 2.65. The standard InChI is InChI=1S/C14H23NO2/c1-5-14(3,15)10-17-9-12-8-11(2)6-7-13(12)16-4/h6-8H,5,9-10,15H2,1-4H3. The van der Waals surface area contributed by atoms with Gasteiger partial charge in [0.05, 0.1) is 20.3 Å². The maximum absolute atomic E-state index is 6.02. The van der Waals surface area contributed by atoms with Crippen molar-refractivity contribution in [1.29, 1.82) is 0 Å². The number of ether oxygens (including phenoxy) is 2. The zero-order chi connectivity index (χ0) is 12.9. The number of hydrogen-bond acceptors (Lipinski definition) is 3. The molecule has 1 aromatic rings. The SMILES string of the molecule is CCC(C)(N)COCc1cc(C)ccc1OC. The highest BCUT2D eigenvalue weighted by Crippen LogP contribution is 2.20. The molecule has 1 rings (SSSR count). The Bertz CT molecular complexity index is 361. The van der Waals surface area contributed by atoms with Gasteiger partial charge in [-0.05, 0) is 26.3 Å². The van der Waals surface area contributed by atoms with Crippen LogP contribution in [-0.4, -0.2) is 19.3 Å². The minimum absolute atomic E-state index is 0.253. The first-order valence-corrected chi connectivity index (χ1v) is 5.98. The molecule has 1 atom stereocenters. The van der Waals surface area contributed by atoms with E-state index in [1.807, 2.05) is 19.1 Å². The molecule has 1 aromatic carbocycles. The Hall–Kier alpha value is -1.06. The van der Waals surface area contributed by atoms with Crippen molar-refractivity contribution in [2.24, 2.45) is 5.73 Å². The second-order valence-electron chi connectivity index (χ2n) is 4.82. The van der Waals surface area contributed by atoms with E-state index >= 15 is 0 Å². The number of methoxy groups -OCH3 is 1. The highest BCUT2D eigenvalue weighted by Gasteiger charge is 2.15. The fourth-order valence-corrected chi connectivity index (χ4v) is 1.52. The van der Waals surface area contributed by atoms with Gasteiger partial charge >= 0.3 is 0 Å². The summed E-state index contributed by atoms with van der Waals surface area (Å²) in [7, 11) is 1.67. The van der Waals surface area contributed by atoms with E-state index in [1.165, 1.54) is 5.56 Å². The van der Waals surface area contributed by atoms with Crippen LogP contribution in [0.25, 0.3) is 0 Å². The van der Waals surface area contributed by atoms with Crippen molar-refractivity contribution in [3.63, 3.8) is 0 Å². The lowest BCUT2D eigenvalue weighted by Crippen LogP contribution is -2.40. The van der Waals surface area contributed by atoms with Crippen LogP contribution < -0.4 is 10.5 Å². The Kier molecular flexibility index (Phi) is 4.97. The molecule has 17 heavy (non-hydrogen) atoms. The molecular weight excluding hydrogens is 214 g/mol. The minimum Gasteiger partial charge on any atom is -0.496 e. The van der Waals surface area contributed by atoms with E-state index in [4.69, 9.17) is 15.2 Å². The first kappa shape index (κ1) is 14.0. The lowest BCUT2D eigenvalue weighted by atomic mass is 10.0. The van der Waals surface area contributed by atoms with Gasteiger partial charge in [0.2, 0.25) is 0 Å². The molecule has 0 heterocycles. The third-order valence-corrected chi connectivity index (χ3v) is 2.93. The second kappa shape index (κ2) is 6.03. The van der Waals surface area contributed by atoms with Gasteiger partial charge in [-0.25, -0.2) is 0 Å². The molecule has 0 amide bonds. The molecule has 0 saturated heterocycles. The van der Waals surface area contributed by atoms with Gasteiger partial charge in [-0.15, -0.1) is 0 Å². The summed E-state index contributed by atoms with van der Waals surface area (Å²) in [5.41, 5.74) is 8.04. The summed E-state index contributed by atoms with van der Waals surface area (Å²) < 4.78 is 11.0. The Labute approximate surface area is 104 Å². The van der Waals surface area contributed by atoms with Gasteiger partial charge in [-0.3, -0.25) is 0 Å². The van der Waals surface area contributed by atoms with E-state index in [0.29, 0.717) is 13.2 Å². The first-order valence-electron chi connectivity index (χ1n) is 5.98. The van der Waals surface area contributed by atoms with Crippen LogP contribution in [0.1, 0.15) is 31.4 Å². The maximum Gasteiger partial charge on any atom is 0.124 e. The molecule has 3 heteroatoms. The molecule has 96 valence electrons. The van der Waals surface area contributed by atoms with Crippen molar-refractivity contribution in [1.82, 2.24) is 0 Å². The number of rotatable bonds is 6. The fraction of sp³-hybridized carbons (Fsp3) is 0.571. The molecule has 0 saturated carbocycles. The van der Waals surface area contributed by atoms with E-state index < -0.39 is 0 Å². The van der Waals surface area contributed by atoms with Crippen molar-refractivity contribution in [2.45, 2.75) is 39.3 Å². The Morgan fingerprint density at radius 2 is 2.06 bits per heavy atom. The normalized spacial score (nSPS) is 14.4. The summed E-state index contributed by atoms with van der Waals surface area (Å²) in [6, 6.07) is 6.08. The van der Waals surface area contributed by atoms with E-state index in [1.54, 1.807) is 7.11 Å². The highest BCUT2D eigenvalue weighted by atomic mass is 16.5. The summed E-state index contributed by atoms with van der Waals surface area (Å²) >= 11 is 0. The van der Waals surface area contributed by atoms with Crippen molar-refractivity contribution < 1.29 is 9.47 Å². The Morgan fingerprint density at radius 3 is 2.65 bits per heavy atom. The lowest BCUT2D eigenvalue weighted by molar-refractivity contribution is 0.0764. The first-order chi connectivity index (χ1) is 7.98. The average molecular weight is 237 g/mol. The van der Waals surface area contributed by atoms with E-state index in [9.17, 15) is 0 Å². The van der Waals surface area contributed by atoms with Crippen LogP contribution >= 0.6 is 0 Å². The number of nitrogens with two attached hydrogens (primary N) is 1. The summed E-state index contributed by atoms with van der Waals surface area (Å²) in [4.78, 5) is 0. The number of aryl methyl sites for hydroxylation is 1. The van der Waals surface area contributed by atoms with Crippen molar-refractivity contribution in [2.75, 3.05) is 13.7 Å². The zero-order valence-corrected chi connectivity index (χ0v) is 11.2. The summed E-state index contributed by atoms with van der Waals surface area (Å²) in [6.07, 6.45) is 0.901. The van der Waals surface area contributed by atoms with Gasteiger partial charge in [0.25, 0.3) is 0 Å². The van der Waals surface area contributed by atoms with Crippen LogP contribution in [0, 0.1) is 6.92 Å². The van der Waals surface area contributed by atoms with Gasteiger partial charge < -0.3 is 15.2 Å². The molecule has 0 aliphatic rings. The molecular formula is C14H23NO2. The maximum atomic E-state index is 6.02. The smallest absolute Gasteiger partial charge is 0.124 e. The van der Waals surface area contributed by atoms with Crippen molar-refractivity contribution in [3.05, 3.63) is 29.3 Å². The molecule has 1 unspecified atom stereocenters. The minimum atomic E-state index is -0.253. The Morgan fingerprint density at radius 1 is 1.35 bits per heavy atom. The quantitative estimate of drug-likeness (QED) is 0.827. The molecule has 0 aliphatic heterocycles. The molecule has 0 aromatic heterocycles. The van der Waals surface area contributed by atoms with Crippen LogP contribution in [0.4, 0.5) is 0 Å². The molecule has 0 bridgehead atoms. The molecule has 0 fully saturated rings. The topological polar surface area (TPSA) is 44.5 Å². The van der Waals surface area contributed by atoms with Crippen LogP contribution in [0.2, 0.25) is 0 Å². The van der Waals surface area contributed by atoms with Crippen LogP contribution in [0.3, 0.4) is 0 Å². The van der Waals surface area contributed by atoms with Gasteiger partial charge in [0, 0.05) is 11.1 Å². The Balaban J connectivity index is 2.59.